The van der Waals surface area contributed by atoms with Crippen LogP contribution in [0, 0.1) is 6.92 Å². The van der Waals surface area contributed by atoms with Crippen LogP contribution in [0.15, 0.2) is 29.1 Å². The molecular weight excluding hydrogens is 406 g/mol. The van der Waals surface area contributed by atoms with Crippen molar-refractivity contribution in [2.24, 2.45) is 0 Å². The molecule has 0 N–H and O–H groups in total. The fourth-order valence-electron chi connectivity index (χ4n) is 4.53. The Morgan fingerprint density at radius 2 is 1.90 bits per heavy atom. The molecule has 1 amide bonds. The fraction of sp³-hybridized carbons (Fsp3) is 0.480. The summed E-state index contributed by atoms with van der Waals surface area (Å²) >= 11 is 1.66. The lowest BCUT2D eigenvalue weighted by atomic mass is 9.97. The van der Waals surface area contributed by atoms with Crippen molar-refractivity contribution in [1.82, 2.24) is 14.5 Å². The van der Waals surface area contributed by atoms with Crippen LogP contribution in [0.3, 0.4) is 0 Å². The van der Waals surface area contributed by atoms with Crippen LogP contribution in [0.2, 0.25) is 0 Å². The molecule has 1 aliphatic carbocycles. The Labute approximate surface area is 187 Å². The number of amides is 1. The molecule has 164 valence electrons. The molecule has 0 saturated heterocycles. The maximum Gasteiger partial charge on any atom is 0.263 e. The summed E-state index contributed by atoms with van der Waals surface area (Å²) in [6, 6.07) is 8.03. The largest absolute Gasteiger partial charge is 0.341 e. The Bertz CT molecular complexity index is 1160. The van der Waals surface area contributed by atoms with Gasteiger partial charge in [-0.15, -0.1) is 11.3 Å². The Morgan fingerprint density at radius 3 is 2.61 bits per heavy atom. The normalized spacial score (nSPS) is 13.4. The second-order valence-electron chi connectivity index (χ2n) is 8.47. The first-order chi connectivity index (χ1) is 15.0. The molecule has 1 aromatic carbocycles. The van der Waals surface area contributed by atoms with E-state index in [2.05, 4.69) is 13.8 Å². The van der Waals surface area contributed by atoms with E-state index < -0.39 is 0 Å². The number of thiophene rings is 1. The van der Waals surface area contributed by atoms with Gasteiger partial charge in [-0.3, -0.25) is 14.2 Å². The highest BCUT2D eigenvalue weighted by molar-refractivity contribution is 7.18. The van der Waals surface area contributed by atoms with Crippen LogP contribution in [0.25, 0.3) is 21.6 Å². The molecule has 0 bridgehead atoms. The van der Waals surface area contributed by atoms with Crippen LogP contribution in [-0.4, -0.2) is 33.4 Å². The smallest absolute Gasteiger partial charge is 0.263 e. The Kier molecular flexibility index (Phi) is 6.56. The minimum atomic E-state index is -0.0674. The lowest BCUT2D eigenvalue weighted by Gasteiger charge is -2.23. The molecule has 0 radical (unpaired) electrons. The van der Waals surface area contributed by atoms with E-state index >= 15 is 0 Å². The molecule has 3 aromatic rings. The van der Waals surface area contributed by atoms with Gasteiger partial charge in [0.25, 0.3) is 5.56 Å². The third-order valence-corrected chi connectivity index (χ3v) is 7.17. The lowest BCUT2D eigenvalue weighted by Crippen LogP contribution is -2.38. The van der Waals surface area contributed by atoms with Crippen molar-refractivity contribution < 1.29 is 4.79 Å². The van der Waals surface area contributed by atoms with E-state index in [-0.39, 0.29) is 18.0 Å². The number of fused-ring (bicyclic) bond motifs is 3. The number of benzene rings is 1. The van der Waals surface area contributed by atoms with Gasteiger partial charge in [-0.1, -0.05) is 37.6 Å². The first kappa shape index (κ1) is 21.8. The molecule has 4 rings (SSSR count). The minimum absolute atomic E-state index is 0.00931. The predicted octanol–water partition coefficient (Wildman–Crippen LogP) is 4.96. The minimum Gasteiger partial charge on any atom is -0.341 e. The highest BCUT2D eigenvalue weighted by Gasteiger charge is 2.24. The maximum absolute atomic E-state index is 13.8. The number of hydrogen-bond acceptors (Lipinski definition) is 4. The van der Waals surface area contributed by atoms with Crippen LogP contribution in [-0.2, 0) is 24.2 Å². The van der Waals surface area contributed by atoms with Gasteiger partial charge < -0.3 is 4.90 Å². The standard InChI is InChI=1S/C25H31N3O2S/c1-4-13-27(14-5-2)21(29)16-28-23(18-10-8-9-17(3)15-18)26-24-22(25(28)30)19-11-6-7-12-20(19)31-24/h8-10,15H,4-7,11-14,16H2,1-3H3. The Hall–Kier alpha value is -2.47. The van der Waals surface area contributed by atoms with E-state index in [9.17, 15) is 9.59 Å². The van der Waals surface area contributed by atoms with Gasteiger partial charge in [-0.05, 0) is 57.1 Å². The maximum atomic E-state index is 13.8. The molecule has 0 aliphatic heterocycles. The first-order valence-corrected chi connectivity index (χ1v) is 12.2. The number of nitrogens with zero attached hydrogens (tertiary/aromatic N) is 3. The third kappa shape index (κ3) is 4.31. The first-order valence-electron chi connectivity index (χ1n) is 11.4. The molecule has 5 nitrogen and oxygen atoms in total. The summed E-state index contributed by atoms with van der Waals surface area (Å²) in [5.41, 5.74) is 3.09. The van der Waals surface area contributed by atoms with Gasteiger partial charge in [0.15, 0.2) is 0 Å². The van der Waals surface area contributed by atoms with E-state index in [0.29, 0.717) is 18.9 Å². The average Bonchev–Trinajstić information content (AvgIpc) is 3.14. The van der Waals surface area contributed by atoms with Crippen molar-refractivity contribution in [1.29, 1.82) is 0 Å². The van der Waals surface area contributed by atoms with Crippen molar-refractivity contribution in [3.63, 3.8) is 0 Å². The lowest BCUT2D eigenvalue weighted by molar-refractivity contribution is -0.132. The molecule has 0 spiro atoms. The van der Waals surface area contributed by atoms with E-state index in [1.165, 1.54) is 16.9 Å². The number of aryl methyl sites for hydroxylation is 3. The van der Waals surface area contributed by atoms with Crippen LogP contribution >= 0.6 is 11.3 Å². The van der Waals surface area contributed by atoms with Gasteiger partial charge in [0.2, 0.25) is 5.91 Å². The monoisotopic (exact) mass is 437 g/mol. The van der Waals surface area contributed by atoms with Gasteiger partial charge in [0.1, 0.15) is 17.2 Å². The van der Waals surface area contributed by atoms with Gasteiger partial charge in [0, 0.05) is 23.5 Å². The fourth-order valence-corrected chi connectivity index (χ4v) is 5.78. The molecule has 0 fully saturated rings. The average molecular weight is 438 g/mol. The van der Waals surface area contributed by atoms with Crippen LogP contribution in [0.5, 0.6) is 0 Å². The zero-order valence-corrected chi connectivity index (χ0v) is 19.6. The highest BCUT2D eigenvalue weighted by atomic mass is 32.1. The summed E-state index contributed by atoms with van der Waals surface area (Å²) in [5, 5.41) is 0.737. The number of rotatable bonds is 7. The van der Waals surface area contributed by atoms with E-state index in [1.807, 2.05) is 36.1 Å². The molecule has 0 unspecified atom stereocenters. The third-order valence-electron chi connectivity index (χ3n) is 5.98. The molecular formula is C25H31N3O2S. The molecule has 0 saturated carbocycles. The summed E-state index contributed by atoms with van der Waals surface area (Å²) in [4.78, 5) is 35.9. The number of hydrogen-bond donors (Lipinski definition) is 0. The molecule has 2 aromatic heterocycles. The predicted molar refractivity (Wildman–Crippen MR) is 128 cm³/mol. The van der Waals surface area contributed by atoms with E-state index in [4.69, 9.17) is 4.98 Å². The molecule has 0 atom stereocenters. The van der Waals surface area contributed by atoms with E-state index in [0.717, 1.165) is 53.4 Å². The number of aromatic nitrogens is 2. The van der Waals surface area contributed by atoms with Crippen LogP contribution in [0.4, 0.5) is 0 Å². The summed E-state index contributed by atoms with van der Waals surface area (Å²) in [5.74, 6) is 0.589. The van der Waals surface area contributed by atoms with Crippen molar-refractivity contribution in [3.8, 4) is 11.4 Å². The van der Waals surface area contributed by atoms with Gasteiger partial charge in [-0.2, -0.15) is 0 Å². The number of carbonyl (C=O) groups is 1. The van der Waals surface area contributed by atoms with Crippen molar-refractivity contribution in [3.05, 3.63) is 50.6 Å². The highest BCUT2D eigenvalue weighted by Crippen LogP contribution is 2.35. The summed E-state index contributed by atoms with van der Waals surface area (Å²) < 4.78 is 1.62. The summed E-state index contributed by atoms with van der Waals surface area (Å²) in [6.45, 7) is 7.64. The van der Waals surface area contributed by atoms with Crippen molar-refractivity contribution in [2.75, 3.05) is 13.1 Å². The Morgan fingerprint density at radius 1 is 1.16 bits per heavy atom. The molecule has 2 heterocycles. The molecule has 1 aliphatic rings. The Balaban J connectivity index is 1.88. The van der Waals surface area contributed by atoms with Gasteiger partial charge in [0.05, 0.1) is 5.39 Å². The van der Waals surface area contributed by atoms with Crippen LogP contribution in [0.1, 0.15) is 55.5 Å². The van der Waals surface area contributed by atoms with E-state index in [1.54, 1.807) is 15.9 Å². The van der Waals surface area contributed by atoms with Crippen molar-refractivity contribution >= 4 is 27.5 Å². The van der Waals surface area contributed by atoms with Gasteiger partial charge in [-0.25, -0.2) is 4.98 Å². The van der Waals surface area contributed by atoms with Crippen LogP contribution < -0.4 is 5.56 Å². The second kappa shape index (κ2) is 9.35. The summed E-state index contributed by atoms with van der Waals surface area (Å²) in [7, 11) is 0. The SMILES string of the molecule is CCCN(CCC)C(=O)Cn1c(-c2cccc(C)c2)nc2sc3c(c2c1=O)CCCC3. The zero-order chi connectivity index (χ0) is 22.0. The second-order valence-corrected chi connectivity index (χ2v) is 9.55. The van der Waals surface area contributed by atoms with Crippen molar-refractivity contribution in [2.45, 2.75) is 65.8 Å². The summed E-state index contributed by atoms with van der Waals surface area (Å²) in [6.07, 6.45) is 6.04. The number of carbonyl (C=O) groups excluding carboxylic acids is 1. The molecule has 6 heteroatoms. The molecule has 31 heavy (non-hydrogen) atoms. The quantitative estimate of drug-likeness (QED) is 0.525. The topological polar surface area (TPSA) is 55.2 Å². The van der Waals surface area contributed by atoms with Gasteiger partial charge >= 0.3 is 0 Å². The zero-order valence-electron chi connectivity index (χ0n) is 18.7.